The SMILES string of the molecule is CC1(C)CC2(CC(Cl)CCO2)C(C)(C)O1. The van der Waals surface area contributed by atoms with Gasteiger partial charge in [-0.25, -0.2) is 0 Å². The van der Waals surface area contributed by atoms with E-state index in [0.717, 1.165) is 25.9 Å². The number of halogens is 1. The molecule has 2 heterocycles. The molecular weight excluding hydrogens is 212 g/mol. The number of ether oxygens (including phenoxy) is 2. The molecule has 0 bridgehead atoms. The van der Waals surface area contributed by atoms with E-state index >= 15 is 0 Å². The van der Waals surface area contributed by atoms with Crippen LogP contribution in [0.1, 0.15) is 47.0 Å². The highest BCUT2D eigenvalue weighted by Gasteiger charge is 2.59. The van der Waals surface area contributed by atoms with E-state index in [9.17, 15) is 0 Å². The molecule has 2 aliphatic rings. The first kappa shape index (κ1) is 11.7. The molecule has 0 amide bonds. The van der Waals surface area contributed by atoms with Crippen molar-refractivity contribution in [3.05, 3.63) is 0 Å². The van der Waals surface area contributed by atoms with Gasteiger partial charge in [-0.3, -0.25) is 0 Å². The second-order valence-corrected chi connectivity index (χ2v) is 6.60. The summed E-state index contributed by atoms with van der Waals surface area (Å²) in [6.45, 7) is 9.26. The van der Waals surface area contributed by atoms with Crippen LogP contribution in [0.4, 0.5) is 0 Å². The zero-order valence-electron chi connectivity index (χ0n) is 10.1. The summed E-state index contributed by atoms with van der Waals surface area (Å²) in [5, 5.41) is 0.232. The standard InChI is InChI=1S/C12H21ClO2/c1-10(2)8-12(11(3,4)15-10)7-9(13)5-6-14-12/h9H,5-8H2,1-4H3. The van der Waals surface area contributed by atoms with Crippen molar-refractivity contribution in [2.45, 2.75) is 69.1 Å². The van der Waals surface area contributed by atoms with E-state index in [1.54, 1.807) is 0 Å². The fraction of sp³-hybridized carbons (Fsp3) is 1.00. The van der Waals surface area contributed by atoms with Crippen LogP contribution in [0.25, 0.3) is 0 Å². The van der Waals surface area contributed by atoms with Crippen molar-refractivity contribution in [1.82, 2.24) is 0 Å². The quantitative estimate of drug-likeness (QED) is 0.598. The lowest BCUT2D eigenvalue weighted by Crippen LogP contribution is -2.52. The summed E-state index contributed by atoms with van der Waals surface area (Å²) in [5.74, 6) is 0. The van der Waals surface area contributed by atoms with E-state index < -0.39 is 0 Å². The molecule has 2 fully saturated rings. The van der Waals surface area contributed by atoms with Gasteiger partial charge in [-0.05, 0) is 40.5 Å². The molecule has 1 spiro atoms. The third-order valence-electron chi connectivity index (χ3n) is 3.70. The van der Waals surface area contributed by atoms with Crippen LogP contribution in [0.5, 0.6) is 0 Å². The fourth-order valence-electron chi connectivity index (χ4n) is 3.16. The Hall–Kier alpha value is 0.210. The molecule has 2 saturated heterocycles. The molecular formula is C12H21ClO2. The molecule has 15 heavy (non-hydrogen) atoms. The number of rotatable bonds is 0. The molecule has 3 heteroatoms. The molecule has 2 atom stereocenters. The van der Waals surface area contributed by atoms with E-state index in [0.29, 0.717) is 0 Å². The molecule has 0 aromatic heterocycles. The Bertz CT molecular complexity index is 262. The van der Waals surface area contributed by atoms with E-state index in [4.69, 9.17) is 21.1 Å². The maximum absolute atomic E-state index is 6.27. The average molecular weight is 233 g/mol. The van der Waals surface area contributed by atoms with Gasteiger partial charge < -0.3 is 9.47 Å². The average Bonchev–Trinajstić information content (AvgIpc) is 2.15. The number of hydrogen-bond donors (Lipinski definition) is 0. The lowest BCUT2D eigenvalue weighted by atomic mass is 9.77. The lowest BCUT2D eigenvalue weighted by molar-refractivity contribution is -0.167. The van der Waals surface area contributed by atoms with Crippen molar-refractivity contribution in [2.24, 2.45) is 0 Å². The van der Waals surface area contributed by atoms with Crippen LogP contribution < -0.4 is 0 Å². The Morgan fingerprint density at radius 3 is 2.33 bits per heavy atom. The minimum atomic E-state index is -0.232. The molecule has 88 valence electrons. The maximum Gasteiger partial charge on any atom is 0.101 e. The van der Waals surface area contributed by atoms with E-state index in [-0.39, 0.29) is 22.2 Å². The highest BCUT2D eigenvalue weighted by Crippen LogP contribution is 2.51. The Labute approximate surface area is 97.3 Å². The van der Waals surface area contributed by atoms with Gasteiger partial charge in [0.1, 0.15) is 5.60 Å². The summed E-state index contributed by atoms with van der Waals surface area (Å²) in [6.07, 6.45) is 2.81. The van der Waals surface area contributed by atoms with Gasteiger partial charge in [0.15, 0.2) is 0 Å². The molecule has 0 aromatic carbocycles. The predicted octanol–water partition coefficient (Wildman–Crippen LogP) is 3.12. The molecule has 2 rings (SSSR count). The maximum atomic E-state index is 6.27. The highest BCUT2D eigenvalue weighted by molar-refractivity contribution is 6.20. The van der Waals surface area contributed by atoms with Crippen molar-refractivity contribution in [1.29, 1.82) is 0 Å². The zero-order chi connectivity index (χ0) is 11.3. The highest BCUT2D eigenvalue weighted by atomic mass is 35.5. The van der Waals surface area contributed by atoms with E-state index in [2.05, 4.69) is 27.7 Å². The summed E-state index contributed by atoms with van der Waals surface area (Å²) < 4.78 is 12.1. The third-order valence-corrected chi connectivity index (χ3v) is 4.07. The topological polar surface area (TPSA) is 18.5 Å². The molecule has 0 radical (unpaired) electrons. The van der Waals surface area contributed by atoms with E-state index in [1.807, 2.05) is 0 Å². The molecule has 2 aliphatic heterocycles. The first-order chi connectivity index (χ1) is 6.77. The summed E-state index contributed by atoms with van der Waals surface area (Å²) >= 11 is 6.27. The van der Waals surface area contributed by atoms with Gasteiger partial charge in [0.2, 0.25) is 0 Å². The zero-order valence-corrected chi connectivity index (χ0v) is 10.9. The third kappa shape index (κ3) is 1.92. The number of hydrogen-bond acceptors (Lipinski definition) is 2. The van der Waals surface area contributed by atoms with Gasteiger partial charge in [-0.15, -0.1) is 11.6 Å². The summed E-state index contributed by atoms with van der Waals surface area (Å²) in [7, 11) is 0. The lowest BCUT2D eigenvalue weighted by Gasteiger charge is -2.43. The van der Waals surface area contributed by atoms with Crippen molar-refractivity contribution in [3.63, 3.8) is 0 Å². The minimum absolute atomic E-state index is 0.0998. The number of alkyl halides is 1. The van der Waals surface area contributed by atoms with E-state index in [1.165, 1.54) is 0 Å². The van der Waals surface area contributed by atoms with Crippen LogP contribution in [0.15, 0.2) is 0 Å². The molecule has 0 saturated carbocycles. The van der Waals surface area contributed by atoms with Gasteiger partial charge in [-0.1, -0.05) is 0 Å². The van der Waals surface area contributed by atoms with Crippen LogP contribution in [0.3, 0.4) is 0 Å². The van der Waals surface area contributed by atoms with Crippen LogP contribution >= 0.6 is 11.6 Å². The van der Waals surface area contributed by atoms with Crippen LogP contribution in [-0.4, -0.2) is 28.8 Å². The van der Waals surface area contributed by atoms with Gasteiger partial charge in [0.05, 0.1) is 11.2 Å². The van der Waals surface area contributed by atoms with Crippen LogP contribution in [0.2, 0.25) is 0 Å². The first-order valence-electron chi connectivity index (χ1n) is 5.75. The van der Waals surface area contributed by atoms with Crippen molar-refractivity contribution in [2.75, 3.05) is 6.61 Å². The Morgan fingerprint density at radius 2 is 1.87 bits per heavy atom. The van der Waals surface area contributed by atoms with Crippen molar-refractivity contribution in [3.8, 4) is 0 Å². The Morgan fingerprint density at radius 1 is 1.20 bits per heavy atom. The second-order valence-electron chi connectivity index (χ2n) is 5.98. The molecule has 2 nitrogen and oxygen atoms in total. The van der Waals surface area contributed by atoms with Crippen LogP contribution in [0, 0.1) is 0 Å². The molecule has 2 unspecified atom stereocenters. The van der Waals surface area contributed by atoms with Gasteiger partial charge in [0.25, 0.3) is 0 Å². The van der Waals surface area contributed by atoms with Gasteiger partial charge in [0, 0.05) is 18.4 Å². The summed E-state index contributed by atoms with van der Waals surface area (Å²) in [4.78, 5) is 0. The predicted molar refractivity (Wildman–Crippen MR) is 61.4 cm³/mol. The molecule has 0 N–H and O–H groups in total. The Kier molecular flexibility index (Phi) is 2.61. The monoisotopic (exact) mass is 232 g/mol. The van der Waals surface area contributed by atoms with Crippen molar-refractivity contribution >= 4 is 11.6 Å². The molecule has 0 aliphatic carbocycles. The molecule has 0 aromatic rings. The first-order valence-corrected chi connectivity index (χ1v) is 6.18. The minimum Gasteiger partial charge on any atom is -0.372 e. The fourth-order valence-corrected chi connectivity index (χ4v) is 3.50. The van der Waals surface area contributed by atoms with Gasteiger partial charge >= 0.3 is 0 Å². The smallest absolute Gasteiger partial charge is 0.101 e. The summed E-state index contributed by atoms with van der Waals surface area (Å²) in [6, 6.07) is 0. The Balaban J connectivity index is 2.26. The van der Waals surface area contributed by atoms with Crippen LogP contribution in [-0.2, 0) is 9.47 Å². The van der Waals surface area contributed by atoms with Crippen molar-refractivity contribution < 1.29 is 9.47 Å². The largest absolute Gasteiger partial charge is 0.372 e. The normalized spacial score (nSPS) is 43.4. The summed E-state index contributed by atoms with van der Waals surface area (Å²) in [5.41, 5.74) is -0.511. The van der Waals surface area contributed by atoms with Gasteiger partial charge in [-0.2, -0.15) is 0 Å². The second kappa shape index (κ2) is 3.35.